The van der Waals surface area contributed by atoms with Gasteiger partial charge in [0.2, 0.25) is 5.91 Å². The minimum Gasteiger partial charge on any atom is -0.368 e. The lowest BCUT2D eigenvalue weighted by Gasteiger charge is -2.08. The predicted molar refractivity (Wildman–Crippen MR) is 86.9 cm³/mol. The largest absolute Gasteiger partial charge is 0.368 e. The number of aryl methyl sites for hydroxylation is 1. The molecule has 1 amide bonds. The number of rotatable bonds is 5. The molecule has 1 N–H and O–H groups in total. The molecule has 1 aromatic heterocycles. The molecule has 2 heterocycles. The predicted octanol–water partition coefficient (Wildman–Crippen LogP) is 2.84. The van der Waals surface area contributed by atoms with E-state index in [0.29, 0.717) is 13.2 Å². The number of amides is 1. The van der Waals surface area contributed by atoms with Crippen LogP contribution in [0.1, 0.15) is 34.0 Å². The highest BCUT2D eigenvalue weighted by atomic mass is 32.1. The highest BCUT2D eigenvalue weighted by molar-refractivity contribution is 7.11. The van der Waals surface area contributed by atoms with E-state index in [-0.39, 0.29) is 12.0 Å². The molecule has 3 rings (SSSR count). The summed E-state index contributed by atoms with van der Waals surface area (Å²) in [4.78, 5) is 17.8. The molecule has 0 bridgehead atoms. The number of carbonyl (C=O) groups is 1. The van der Waals surface area contributed by atoms with Crippen LogP contribution in [0.5, 0.6) is 0 Å². The number of nitrogens with zero attached hydrogens (tertiary/aromatic N) is 1. The maximum absolute atomic E-state index is 11.9. The van der Waals surface area contributed by atoms with E-state index < -0.39 is 0 Å². The Morgan fingerprint density at radius 3 is 2.95 bits per heavy atom. The Balaban J connectivity index is 1.58. The molecule has 0 spiro atoms. The monoisotopic (exact) mass is 316 g/mol. The molecule has 0 radical (unpaired) electrons. The molecule has 0 aliphatic carbocycles. The van der Waals surface area contributed by atoms with Crippen molar-refractivity contribution in [1.82, 2.24) is 10.3 Å². The van der Waals surface area contributed by atoms with Crippen LogP contribution in [0, 0.1) is 6.92 Å². The summed E-state index contributed by atoms with van der Waals surface area (Å²) in [7, 11) is 0. The van der Waals surface area contributed by atoms with Crippen LogP contribution in [0.15, 0.2) is 30.3 Å². The fraction of sp³-hybridized carbons (Fsp3) is 0.412. The van der Waals surface area contributed by atoms with Crippen LogP contribution in [-0.4, -0.2) is 23.6 Å². The number of hydrogen-bond acceptors (Lipinski definition) is 4. The molecule has 1 saturated heterocycles. The number of carbonyl (C=O) groups excluding carboxylic acids is 1. The zero-order chi connectivity index (χ0) is 15.4. The molecule has 22 heavy (non-hydrogen) atoms. The molecule has 5 heteroatoms. The van der Waals surface area contributed by atoms with Crippen molar-refractivity contribution in [1.29, 1.82) is 0 Å². The van der Waals surface area contributed by atoms with E-state index in [1.807, 2.05) is 13.0 Å². The summed E-state index contributed by atoms with van der Waals surface area (Å²) in [6.07, 6.45) is 2.41. The van der Waals surface area contributed by atoms with Crippen LogP contribution < -0.4 is 5.32 Å². The Labute approximate surface area is 134 Å². The highest BCUT2D eigenvalue weighted by Gasteiger charge is 2.23. The third-order valence-corrected chi connectivity index (χ3v) is 4.94. The van der Waals surface area contributed by atoms with Crippen LogP contribution in [0.4, 0.5) is 0 Å². The SMILES string of the molecule is Cc1nc(CNC(=O)C2CCCO2)sc1Cc1ccccc1. The molecule has 1 aromatic carbocycles. The molecular formula is C17H20N2O2S. The fourth-order valence-electron chi connectivity index (χ4n) is 2.57. The lowest BCUT2D eigenvalue weighted by atomic mass is 10.1. The second-order valence-electron chi connectivity index (χ2n) is 5.50. The average molecular weight is 316 g/mol. The van der Waals surface area contributed by atoms with Gasteiger partial charge in [-0.1, -0.05) is 30.3 Å². The van der Waals surface area contributed by atoms with Crippen molar-refractivity contribution < 1.29 is 9.53 Å². The quantitative estimate of drug-likeness (QED) is 0.923. The first-order valence-corrected chi connectivity index (χ1v) is 8.42. The number of aromatic nitrogens is 1. The molecule has 1 aliphatic heterocycles. The Morgan fingerprint density at radius 1 is 1.41 bits per heavy atom. The summed E-state index contributed by atoms with van der Waals surface area (Å²) in [5, 5.41) is 3.88. The van der Waals surface area contributed by atoms with E-state index in [0.717, 1.165) is 30.0 Å². The molecule has 1 aliphatic rings. The van der Waals surface area contributed by atoms with Crippen molar-refractivity contribution in [3.63, 3.8) is 0 Å². The van der Waals surface area contributed by atoms with Gasteiger partial charge in [-0.15, -0.1) is 11.3 Å². The molecule has 0 saturated carbocycles. The summed E-state index contributed by atoms with van der Waals surface area (Å²) in [6, 6.07) is 10.4. The summed E-state index contributed by atoms with van der Waals surface area (Å²) >= 11 is 1.67. The minimum absolute atomic E-state index is 0.0186. The zero-order valence-electron chi connectivity index (χ0n) is 12.7. The number of ether oxygens (including phenoxy) is 1. The van der Waals surface area contributed by atoms with E-state index in [2.05, 4.69) is 34.6 Å². The van der Waals surface area contributed by atoms with Gasteiger partial charge in [0.25, 0.3) is 0 Å². The van der Waals surface area contributed by atoms with Crippen LogP contribution in [0.3, 0.4) is 0 Å². The van der Waals surface area contributed by atoms with Gasteiger partial charge in [-0.25, -0.2) is 4.98 Å². The van der Waals surface area contributed by atoms with E-state index >= 15 is 0 Å². The Morgan fingerprint density at radius 2 is 2.23 bits per heavy atom. The standard InChI is InChI=1S/C17H20N2O2S/c1-12-15(10-13-6-3-2-4-7-13)22-16(19-12)11-18-17(20)14-8-5-9-21-14/h2-4,6-7,14H,5,8-11H2,1H3,(H,18,20). The second-order valence-corrected chi connectivity index (χ2v) is 6.67. The molecule has 4 nitrogen and oxygen atoms in total. The summed E-state index contributed by atoms with van der Waals surface area (Å²) in [5.74, 6) is -0.0186. The summed E-state index contributed by atoms with van der Waals surface area (Å²) in [6.45, 7) is 3.20. The van der Waals surface area contributed by atoms with Gasteiger partial charge in [-0.3, -0.25) is 4.79 Å². The van der Waals surface area contributed by atoms with Gasteiger partial charge < -0.3 is 10.1 Å². The van der Waals surface area contributed by atoms with Crippen molar-refractivity contribution in [2.45, 2.75) is 38.8 Å². The first-order valence-electron chi connectivity index (χ1n) is 7.61. The number of thiazole rings is 1. The van der Waals surface area contributed by atoms with Gasteiger partial charge in [-0.2, -0.15) is 0 Å². The number of nitrogens with one attached hydrogen (secondary N) is 1. The van der Waals surface area contributed by atoms with Gasteiger partial charge in [0.05, 0.1) is 12.2 Å². The van der Waals surface area contributed by atoms with Crippen molar-refractivity contribution in [2.75, 3.05) is 6.61 Å². The highest BCUT2D eigenvalue weighted by Crippen LogP contribution is 2.21. The first-order chi connectivity index (χ1) is 10.7. The molecular weight excluding hydrogens is 296 g/mol. The molecule has 1 atom stereocenters. The normalized spacial score (nSPS) is 17.6. The third-order valence-electron chi connectivity index (χ3n) is 3.78. The fourth-order valence-corrected chi connectivity index (χ4v) is 3.61. The van der Waals surface area contributed by atoms with Crippen LogP contribution in [0.2, 0.25) is 0 Å². The summed E-state index contributed by atoms with van der Waals surface area (Å²) in [5.41, 5.74) is 2.33. The molecule has 1 unspecified atom stereocenters. The molecule has 1 fully saturated rings. The van der Waals surface area contributed by atoms with E-state index in [4.69, 9.17) is 4.74 Å². The van der Waals surface area contributed by atoms with Crippen LogP contribution >= 0.6 is 11.3 Å². The maximum Gasteiger partial charge on any atom is 0.249 e. The first kappa shape index (κ1) is 15.2. The van der Waals surface area contributed by atoms with Gasteiger partial charge in [-0.05, 0) is 25.3 Å². The van der Waals surface area contributed by atoms with Crippen molar-refractivity contribution >= 4 is 17.2 Å². The van der Waals surface area contributed by atoms with E-state index in [9.17, 15) is 4.79 Å². The minimum atomic E-state index is -0.273. The lowest BCUT2D eigenvalue weighted by molar-refractivity contribution is -0.130. The van der Waals surface area contributed by atoms with Crippen LogP contribution in [0.25, 0.3) is 0 Å². The Hall–Kier alpha value is -1.72. The lowest BCUT2D eigenvalue weighted by Crippen LogP contribution is -2.33. The third kappa shape index (κ3) is 3.72. The van der Waals surface area contributed by atoms with Crippen LogP contribution in [-0.2, 0) is 22.5 Å². The summed E-state index contributed by atoms with van der Waals surface area (Å²) < 4.78 is 5.38. The molecule has 116 valence electrons. The van der Waals surface area contributed by atoms with Gasteiger partial charge in [0.15, 0.2) is 0 Å². The van der Waals surface area contributed by atoms with Crippen molar-refractivity contribution in [2.24, 2.45) is 0 Å². The van der Waals surface area contributed by atoms with E-state index in [1.165, 1.54) is 10.4 Å². The topological polar surface area (TPSA) is 51.2 Å². The smallest absolute Gasteiger partial charge is 0.249 e. The zero-order valence-corrected chi connectivity index (χ0v) is 13.5. The van der Waals surface area contributed by atoms with Gasteiger partial charge in [0, 0.05) is 17.9 Å². The van der Waals surface area contributed by atoms with Crippen molar-refractivity contribution in [3.05, 3.63) is 51.5 Å². The van der Waals surface area contributed by atoms with Gasteiger partial charge in [0.1, 0.15) is 11.1 Å². The molecule has 2 aromatic rings. The number of hydrogen-bond donors (Lipinski definition) is 1. The Kier molecular flexibility index (Phi) is 4.85. The van der Waals surface area contributed by atoms with E-state index in [1.54, 1.807) is 11.3 Å². The van der Waals surface area contributed by atoms with Gasteiger partial charge >= 0.3 is 0 Å². The Bertz CT molecular complexity index is 633. The number of benzene rings is 1. The maximum atomic E-state index is 11.9. The second kappa shape index (κ2) is 7.03. The van der Waals surface area contributed by atoms with Crippen molar-refractivity contribution in [3.8, 4) is 0 Å². The average Bonchev–Trinajstić information content (AvgIpc) is 3.17.